The molecule has 0 atom stereocenters. The van der Waals surface area contributed by atoms with Crippen molar-refractivity contribution < 1.29 is 0 Å². The first kappa shape index (κ1) is 9.08. The van der Waals surface area contributed by atoms with E-state index >= 15 is 0 Å². The summed E-state index contributed by atoms with van der Waals surface area (Å²) in [7, 11) is 0. The Morgan fingerprint density at radius 2 is 2.54 bits per heavy atom. The zero-order valence-electron chi connectivity index (χ0n) is 6.77. The van der Waals surface area contributed by atoms with Gasteiger partial charge in [-0.1, -0.05) is 5.11 Å². The van der Waals surface area contributed by atoms with E-state index < -0.39 is 5.69 Å². The molecule has 1 heterocycles. The summed E-state index contributed by atoms with van der Waals surface area (Å²) in [5.74, 6) is 0.271. The largest absolute Gasteiger partial charge is 0.385 e. The Morgan fingerprint density at radius 3 is 3.15 bits per heavy atom. The van der Waals surface area contributed by atoms with Crippen LogP contribution in [0.25, 0.3) is 10.4 Å². The molecule has 0 amide bonds. The van der Waals surface area contributed by atoms with Gasteiger partial charge in [-0.05, 0) is 12.0 Å². The Labute approximate surface area is 73.2 Å². The van der Waals surface area contributed by atoms with Gasteiger partial charge >= 0.3 is 5.69 Å². The number of nitrogen functional groups attached to an aromatic ring is 1. The molecule has 68 valence electrons. The maximum absolute atomic E-state index is 10.6. The summed E-state index contributed by atoms with van der Waals surface area (Å²) in [6.07, 6.45) is 1.85. The summed E-state index contributed by atoms with van der Waals surface area (Å²) in [4.78, 5) is 19.1. The van der Waals surface area contributed by atoms with Crippen LogP contribution in [0.15, 0.2) is 16.1 Å². The second-order valence-electron chi connectivity index (χ2n) is 2.33. The molecule has 0 aliphatic heterocycles. The lowest BCUT2D eigenvalue weighted by Gasteiger charge is -2.00. The molecule has 1 rings (SSSR count). The van der Waals surface area contributed by atoms with Gasteiger partial charge in [0, 0.05) is 23.2 Å². The number of aromatic nitrogens is 2. The second kappa shape index (κ2) is 4.13. The smallest absolute Gasteiger partial charge is 0.346 e. The minimum Gasteiger partial charge on any atom is -0.385 e. The number of nitrogens with two attached hydrogens (primary N) is 1. The highest BCUT2D eigenvalue weighted by molar-refractivity contribution is 5.36. The summed E-state index contributed by atoms with van der Waals surface area (Å²) in [6.45, 7) is 0.300. The van der Waals surface area contributed by atoms with Crippen LogP contribution < -0.4 is 11.4 Å². The van der Waals surface area contributed by atoms with E-state index in [1.54, 1.807) is 0 Å². The van der Waals surface area contributed by atoms with Crippen molar-refractivity contribution in [2.45, 2.75) is 6.42 Å². The maximum Gasteiger partial charge on any atom is 0.346 e. The first-order chi connectivity index (χ1) is 6.24. The predicted octanol–water partition coefficient (Wildman–Crippen LogP) is 0.205. The fourth-order valence-corrected chi connectivity index (χ4v) is 0.848. The standard InChI is InChI=1S/C6H8N6O/c7-5-4(1-2-10-12-8)3-9-6(13)11-5/h3H,1-2H2,(H3,7,9,11,13). The molecule has 0 aromatic carbocycles. The molecular formula is C6H8N6O. The summed E-state index contributed by atoms with van der Waals surface area (Å²) in [5, 5.41) is 3.34. The minimum atomic E-state index is -0.481. The van der Waals surface area contributed by atoms with E-state index in [0.717, 1.165) is 0 Å². The first-order valence-electron chi connectivity index (χ1n) is 3.58. The molecule has 0 saturated heterocycles. The Kier molecular flexibility index (Phi) is 2.88. The van der Waals surface area contributed by atoms with Crippen LogP contribution in [0.1, 0.15) is 5.56 Å². The van der Waals surface area contributed by atoms with Gasteiger partial charge in [0.2, 0.25) is 0 Å². The lowest BCUT2D eigenvalue weighted by atomic mass is 10.2. The fraction of sp³-hybridized carbons (Fsp3) is 0.333. The van der Waals surface area contributed by atoms with Crippen molar-refractivity contribution in [3.05, 3.63) is 32.7 Å². The molecule has 0 fully saturated rings. The van der Waals surface area contributed by atoms with Crippen molar-refractivity contribution in [1.29, 1.82) is 0 Å². The van der Waals surface area contributed by atoms with Crippen LogP contribution in [0.4, 0.5) is 5.82 Å². The van der Waals surface area contributed by atoms with Gasteiger partial charge in [-0.2, -0.15) is 0 Å². The van der Waals surface area contributed by atoms with Crippen molar-refractivity contribution in [3.8, 4) is 0 Å². The SMILES string of the molecule is [N-]=[N+]=NCCc1cnc(=O)[nH]c1N. The van der Waals surface area contributed by atoms with Crippen molar-refractivity contribution in [3.63, 3.8) is 0 Å². The van der Waals surface area contributed by atoms with E-state index in [4.69, 9.17) is 11.3 Å². The Bertz CT molecular complexity index is 390. The van der Waals surface area contributed by atoms with E-state index in [-0.39, 0.29) is 5.82 Å². The van der Waals surface area contributed by atoms with Crippen LogP contribution in [0.5, 0.6) is 0 Å². The zero-order chi connectivity index (χ0) is 9.68. The molecular weight excluding hydrogens is 172 g/mol. The van der Waals surface area contributed by atoms with Crippen molar-refractivity contribution in [1.82, 2.24) is 9.97 Å². The summed E-state index contributed by atoms with van der Waals surface area (Å²) < 4.78 is 0. The number of anilines is 1. The monoisotopic (exact) mass is 180 g/mol. The average molecular weight is 180 g/mol. The molecule has 0 aliphatic carbocycles. The second-order valence-corrected chi connectivity index (χ2v) is 2.33. The Balaban J connectivity index is 2.77. The molecule has 7 nitrogen and oxygen atoms in total. The van der Waals surface area contributed by atoms with Gasteiger partial charge in [-0.15, -0.1) is 0 Å². The van der Waals surface area contributed by atoms with Gasteiger partial charge in [0.15, 0.2) is 0 Å². The highest BCUT2D eigenvalue weighted by Crippen LogP contribution is 2.03. The third-order valence-corrected chi connectivity index (χ3v) is 1.47. The molecule has 13 heavy (non-hydrogen) atoms. The topological polar surface area (TPSA) is 121 Å². The van der Waals surface area contributed by atoms with E-state index in [1.165, 1.54) is 6.20 Å². The number of nitrogens with zero attached hydrogens (tertiary/aromatic N) is 4. The third-order valence-electron chi connectivity index (χ3n) is 1.47. The fourth-order valence-electron chi connectivity index (χ4n) is 0.848. The first-order valence-corrected chi connectivity index (χ1v) is 3.58. The quantitative estimate of drug-likeness (QED) is 0.392. The number of H-pyrrole nitrogens is 1. The molecule has 7 heteroatoms. The highest BCUT2D eigenvalue weighted by Gasteiger charge is 1.98. The van der Waals surface area contributed by atoms with E-state index in [9.17, 15) is 4.79 Å². The molecule has 3 N–H and O–H groups in total. The van der Waals surface area contributed by atoms with Crippen LogP contribution in [0, 0.1) is 0 Å². The van der Waals surface area contributed by atoms with Gasteiger partial charge < -0.3 is 5.73 Å². The number of aromatic amines is 1. The number of hydrogen-bond acceptors (Lipinski definition) is 4. The normalized spacial score (nSPS) is 9.23. The number of rotatable bonds is 3. The molecule has 0 radical (unpaired) electrons. The van der Waals surface area contributed by atoms with Crippen molar-refractivity contribution >= 4 is 5.82 Å². The van der Waals surface area contributed by atoms with E-state index in [2.05, 4.69) is 20.0 Å². The molecule has 0 spiro atoms. The van der Waals surface area contributed by atoms with E-state index in [0.29, 0.717) is 18.5 Å². The lowest BCUT2D eigenvalue weighted by molar-refractivity contribution is 0.925. The molecule has 1 aromatic rings. The zero-order valence-corrected chi connectivity index (χ0v) is 6.77. The van der Waals surface area contributed by atoms with Crippen LogP contribution in [-0.2, 0) is 6.42 Å². The highest BCUT2D eigenvalue weighted by atomic mass is 16.1. The van der Waals surface area contributed by atoms with E-state index in [1.807, 2.05) is 0 Å². The predicted molar refractivity (Wildman–Crippen MR) is 47.0 cm³/mol. The Morgan fingerprint density at radius 1 is 1.77 bits per heavy atom. The number of azide groups is 1. The molecule has 0 unspecified atom stereocenters. The molecule has 0 aliphatic rings. The number of hydrogen-bond donors (Lipinski definition) is 2. The van der Waals surface area contributed by atoms with Crippen molar-refractivity contribution in [2.75, 3.05) is 12.3 Å². The molecule has 0 bridgehead atoms. The van der Waals surface area contributed by atoms with Crippen LogP contribution in [0.3, 0.4) is 0 Å². The van der Waals surface area contributed by atoms with Gasteiger partial charge in [0.05, 0.1) is 0 Å². The average Bonchev–Trinajstić information content (AvgIpc) is 2.09. The summed E-state index contributed by atoms with van der Waals surface area (Å²) >= 11 is 0. The Hall–Kier alpha value is -2.01. The van der Waals surface area contributed by atoms with Crippen LogP contribution in [-0.4, -0.2) is 16.5 Å². The molecule has 1 aromatic heterocycles. The lowest BCUT2D eigenvalue weighted by Crippen LogP contribution is -2.14. The van der Waals surface area contributed by atoms with Crippen LogP contribution >= 0.6 is 0 Å². The van der Waals surface area contributed by atoms with Gasteiger partial charge in [-0.25, -0.2) is 9.78 Å². The maximum atomic E-state index is 10.6. The van der Waals surface area contributed by atoms with Gasteiger partial charge in [0.1, 0.15) is 5.82 Å². The van der Waals surface area contributed by atoms with Crippen LogP contribution in [0.2, 0.25) is 0 Å². The third kappa shape index (κ3) is 2.49. The van der Waals surface area contributed by atoms with Gasteiger partial charge in [-0.3, -0.25) is 4.98 Å². The summed E-state index contributed by atoms with van der Waals surface area (Å²) in [6, 6.07) is 0. The summed E-state index contributed by atoms with van der Waals surface area (Å²) in [5.41, 5.74) is 13.7. The van der Waals surface area contributed by atoms with Crippen molar-refractivity contribution in [2.24, 2.45) is 5.11 Å². The number of nitrogens with one attached hydrogen (secondary N) is 1. The van der Waals surface area contributed by atoms with Gasteiger partial charge in [0.25, 0.3) is 0 Å². The molecule has 0 saturated carbocycles. The minimum absolute atomic E-state index is 0.271.